The summed E-state index contributed by atoms with van der Waals surface area (Å²) in [5.41, 5.74) is 0. The topological polar surface area (TPSA) is 155 Å². The van der Waals surface area contributed by atoms with Gasteiger partial charge in [-0.25, -0.2) is 0 Å². The van der Waals surface area contributed by atoms with Crippen molar-refractivity contribution < 1.29 is 92.2 Å². The summed E-state index contributed by atoms with van der Waals surface area (Å²) in [6.45, 7) is 9.23. The number of rotatable bonds is 8. The fourth-order valence-electron chi connectivity index (χ4n) is 1.81. The molecule has 0 radical (unpaired) electrons. The number of hydrogen-bond acceptors (Lipinski definition) is 8. The zero-order valence-corrected chi connectivity index (χ0v) is 22.7. The summed E-state index contributed by atoms with van der Waals surface area (Å²) in [7, 11) is 0. The normalized spacial score (nSPS) is 12.3. The summed E-state index contributed by atoms with van der Waals surface area (Å²) < 4.78 is 71.9. The number of aliphatic carboxylic acids is 2. The maximum atomic E-state index is 12.0. The smallest absolute Gasteiger partial charge is 0.550 e. The number of aliphatic hydroxyl groups is 2. The first-order valence-corrected chi connectivity index (χ1v) is 9.98. The van der Waals surface area contributed by atoms with Crippen LogP contribution in [0.25, 0.3) is 0 Å². The van der Waals surface area contributed by atoms with E-state index in [1.165, 1.54) is 13.8 Å². The van der Waals surface area contributed by atoms with Gasteiger partial charge >= 0.3 is 38.6 Å². The summed E-state index contributed by atoms with van der Waals surface area (Å²) in [5, 5.41) is 35.8. The van der Waals surface area contributed by atoms with E-state index in [1.54, 1.807) is 27.7 Å². The Morgan fingerprint density at radius 3 is 0.914 bits per heavy atom. The molecule has 15 heteroatoms. The molecule has 35 heavy (non-hydrogen) atoms. The molecule has 8 nitrogen and oxygen atoms in total. The van der Waals surface area contributed by atoms with E-state index >= 15 is 0 Å². The molecule has 2 N–H and O–H groups in total. The first-order chi connectivity index (χ1) is 15.0. The number of alkyl halides is 6. The van der Waals surface area contributed by atoms with Gasteiger partial charge in [0.15, 0.2) is 11.6 Å². The molecular weight excluding hydrogens is 573 g/mol. The Morgan fingerprint density at radius 2 is 0.829 bits per heavy atom. The molecule has 0 aromatic heterocycles. The minimum atomic E-state index is -4.67. The molecular formula is C20H32F6O8Zr. The van der Waals surface area contributed by atoms with Crippen LogP contribution in [0.1, 0.15) is 67.2 Å². The van der Waals surface area contributed by atoms with Crippen LogP contribution in [0.5, 0.6) is 0 Å². The Kier molecular flexibility index (Phi) is 27.4. The standard InChI is InChI=1S/2C7H9F3O3.2C3H8O.Zr/c2*1-2-4(7(8,9)10)5(11)3-6(12)13;2*1-3(2)4;/h2*4H,2-3H2,1H3,(H,12,13);2*3-4H,1-2H3;/q;;;;+2/p-2. The van der Waals surface area contributed by atoms with Gasteiger partial charge < -0.3 is 30.0 Å². The van der Waals surface area contributed by atoms with Gasteiger partial charge in [0, 0.05) is 37.0 Å². The third-order valence-electron chi connectivity index (χ3n) is 3.02. The summed E-state index contributed by atoms with van der Waals surface area (Å²) in [4.78, 5) is 41.1. The van der Waals surface area contributed by atoms with Crippen LogP contribution in [-0.2, 0) is 45.4 Å². The summed E-state index contributed by atoms with van der Waals surface area (Å²) in [5.74, 6) is -10.7. The summed E-state index contributed by atoms with van der Waals surface area (Å²) in [6, 6.07) is 0. The average molecular weight is 606 g/mol. The van der Waals surface area contributed by atoms with Crippen molar-refractivity contribution in [1.82, 2.24) is 0 Å². The van der Waals surface area contributed by atoms with Crippen molar-refractivity contribution >= 4 is 23.5 Å². The summed E-state index contributed by atoms with van der Waals surface area (Å²) in [6.07, 6.45) is -12.9. The number of aliphatic hydroxyl groups excluding tert-OH is 2. The Bertz CT molecular complexity index is 550. The maximum Gasteiger partial charge on any atom is 2.00 e. The van der Waals surface area contributed by atoms with Gasteiger partial charge in [-0.1, -0.05) is 13.8 Å². The molecule has 0 fully saturated rings. The van der Waals surface area contributed by atoms with Gasteiger partial charge in [-0.3, -0.25) is 9.59 Å². The van der Waals surface area contributed by atoms with Crippen LogP contribution < -0.4 is 10.2 Å². The van der Waals surface area contributed by atoms with Gasteiger partial charge in [-0.05, 0) is 40.5 Å². The van der Waals surface area contributed by atoms with Gasteiger partial charge in [0.05, 0.1) is 0 Å². The number of halogens is 6. The van der Waals surface area contributed by atoms with Gasteiger partial charge in [-0.2, -0.15) is 26.3 Å². The van der Waals surface area contributed by atoms with E-state index in [-0.39, 0.29) is 38.4 Å². The zero-order chi connectivity index (χ0) is 28.4. The molecule has 0 rings (SSSR count). The van der Waals surface area contributed by atoms with Crippen LogP contribution >= 0.6 is 0 Å². The van der Waals surface area contributed by atoms with E-state index in [4.69, 9.17) is 10.2 Å². The van der Waals surface area contributed by atoms with E-state index in [9.17, 15) is 55.7 Å². The van der Waals surface area contributed by atoms with E-state index in [0.717, 1.165) is 0 Å². The Morgan fingerprint density at radius 1 is 0.657 bits per heavy atom. The Labute approximate surface area is 219 Å². The number of carboxylic acids is 2. The maximum absolute atomic E-state index is 12.0. The van der Waals surface area contributed by atoms with Crippen molar-refractivity contribution in [2.45, 2.75) is 91.8 Å². The second kappa shape index (κ2) is 21.9. The largest absolute Gasteiger partial charge is 2.00 e. The third kappa shape index (κ3) is 32.7. The van der Waals surface area contributed by atoms with Crippen molar-refractivity contribution in [3.8, 4) is 0 Å². The first kappa shape index (κ1) is 43.7. The van der Waals surface area contributed by atoms with Crippen LogP contribution in [0.2, 0.25) is 0 Å². The predicted octanol–water partition coefficient (Wildman–Crippen LogP) is 1.34. The van der Waals surface area contributed by atoms with Crippen molar-refractivity contribution in [2.24, 2.45) is 11.8 Å². The molecule has 0 aliphatic carbocycles. The Balaban J connectivity index is -0.000000128. The number of hydrogen-bond donors (Lipinski definition) is 2. The summed E-state index contributed by atoms with van der Waals surface area (Å²) >= 11 is 0. The first-order valence-electron chi connectivity index (χ1n) is 9.98. The average Bonchev–Trinajstić information content (AvgIpc) is 2.51. The molecule has 2 unspecified atom stereocenters. The molecule has 206 valence electrons. The Hall–Kier alpha value is -1.34. The third-order valence-corrected chi connectivity index (χ3v) is 3.02. The van der Waals surface area contributed by atoms with Crippen molar-refractivity contribution in [2.75, 3.05) is 0 Å². The molecule has 0 saturated heterocycles. The molecule has 0 aliphatic rings. The number of carboxylic acid groups (broad SMARTS) is 2. The number of carbonyl (C=O) groups excluding carboxylic acids is 4. The molecule has 2 atom stereocenters. The second-order valence-corrected chi connectivity index (χ2v) is 7.22. The SMILES string of the molecule is CC(C)O.CC(C)O.CCC(C(=O)CC(=O)[O-])C(F)(F)F.CCC(C(=O)CC(=O)[O-])C(F)(F)F.[Zr+2]. The van der Waals surface area contributed by atoms with Crippen LogP contribution in [0.15, 0.2) is 0 Å². The molecule has 0 aliphatic heterocycles. The van der Waals surface area contributed by atoms with E-state index in [2.05, 4.69) is 0 Å². The molecule has 0 aromatic carbocycles. The van der Waals surface area contributed by atoms with Crippen LogP contribution in [0.4, 0.5) is 26.3 Å². The molecule has 0 saturated carbocycles. The fraction of sp³-hybridized carbons (Fsp3) is 0.800. The van der Waals surface area contributed by atoms with E-state index in [1.807, 2.05) is 0 Å². The number of Topliss-reactive ketones (excluding diaryl/α,β-unsaturated/α-hetero) is 2. The fourth-order valence-corrected chi connectivity index (χ4v) is 1.81. The van der Waals surface area contributed by atoms with Gasteiger partial charge in [0.2, 0.25) is 0 Å². The monoisotopic (exact) mass is 604 g/mol. The van der Waals surface area contributed by atoms with Crippen LogP contribution in [0, 0.1) is 11.8 Å². The minimum Gasteiger partial charge on any atom is -0.550 e. The molecule has 0 spiro atoms. The number of ketones is 2. The molecule has 0 heterocycles. The molecule has 0 amide bonds. The van der Waals surface area contributed by atoms with Crippen molar-refractivity contribution in [3.05, 3.63) is 0 Å². The second-order valence-electron chi connectivity index (χ2n) is 7.22. The van der Waals surface area contributed by atoms with Gasteiger partial charge in [-0.15, -0.1) is 0 Å². The predicted molar refractivity (Wildman–Crippen MR) is 104 cm³/mol. The van der Waals surface area contributed by atoms with Gasteiger partial charge in [0.25, 0.3) is 0 Å². The quantitative estimate of drug-likeness (QED) is 0.310. The van der Waals surface area contributed by atoms with Crippen molar-refractivity contribution in [1.29, 1.82) is 0 Å². The molecule has 0 aromatic rings. The molecule has 0 bridgehead atoms. The van der Waals surface area contributed by atoms with Gasteiger partial charge in [0.1, 0.15) is 11.8 Å². The van der Waals surface area contributed by atoms with Crippen molar-refractivity contribution in [3.63, 3.8) is 0 Å². The van der Waals surface area contributed by atoms with E-state index < -0.39 is 73.4 Å². The van der Waals surface area contributed by atoms with Crippen LogP contribution in [0.3, 0.4) is 0 Å². The zero-order valence-electron chi connectivity index (χ0n) is 20.2. The minimum absolute atomic E-state index is 0. The number of carbonyl (C=O) groups is 4. The van der Waals surface area contributed by atoms with Crippen LogP contribution in [-0.4, -0.2) is 58.3 Å². The van der Waals surface area contributed by atoms with E-state index in [0.29, 0.717) is 0 Å².